The summed E-state index contributed by atoms with van der Waals surface area (Å²) in [5.74, 6) is 0. The molecule has 0 aliphatic heterocycles. The lowest BCUT2D eigenvalue weighted by Crippen LogP contribution is -2.07. The molecule has 0 spiro atoms. The van der Waals surface area contributed by atoms with Crippen LogP contribution < -0.4 is 5.69 Å². The third-order valence-electron chi connectivity index (χ3n) is 3.22. The van der Waals surface area contributed by atoms with E-state index in [1.54, 1.807) is 12.4 Å². The SMILES string of the molecule is CC(O)CCC/C=C/c1ccc(-c2cnc(=O)[nH]c2)cc1. The number of rotatable bonds is 6. The smallest absolute Gasteiger partial charge is 0.344 e. The minimum atomic E-state index is -0.337. The molecular weight excluding hydrogens is 264 g/mol. The van der Waals surface area contributed by atoms with E-state index in [0.29, 0.717) is 0 Å². The molecule has 1 atom stereocenters. The molecule has 1 aromatic carbocycles. The topological polar surface area (TPSA) is 66.0 Å². The predicted octanol–water partition coefficient (Wildman–Crippen LogP) is 3.00. The summed E-state index contributed by atoms with van der Waals surface area (Å²) in [5.41, 5.74) is 2.70. The van der Waals surface area contributed by atoms with Gasteiger partial charge in [0.15, 0.2) is 0 Å². The van der Waals surface area contributed by atoms with Crippen molar-refractivity contribution in [2.45, 2.75) is 32.3 Å². The van der Waals surface area contributed by atoms with Gasteiger partial charge in [-0.25, -0.2) is 9.78 Å². The van der Waals surface area contributed by atoms with E-state index in [0.717, 1.165) is 36.0 Å². The summed E-state index contributed by atoms with van der Waals surface area (Å²) in [6.07, 6.45) is 10.0. The number of benzene rings is 1. The lowest BCUT2D eigenvalue weighted by Gasteiger charge is -2.02. The fraction of sp³-hybridized carbons (Fsp3) is 0.294. The normalized spacial score (nSPS) is 12.7. The molecule has 4 nitrogen and oxygen atoms in total. The maximum atomic E-state index is 10.9. The van der Waals surface area contributed by atoms with Crippen LogP contribution in [-0.2, 0) is 0 Å². The molecule has 0 aliphatic carbocycles. The van der Waals surface area contributed by atoms with Gasteiger partial charge in [-0.1, -0.05) is 36.4 Å². The van der Waals surface area contributed by atoms with Crippen LogP contribution in [0.3, 0.4) is 0 Å². The van der Waals surface area contributed by atoms with E-state index >= 15 is 0 Å². The Labute approximate surface area is 124 Å². The summed E-state index contributed by atoms with van der Waals surface area (Å²) in [5, 5.41) is 9.17. The molecule has 110 valence electrons. The minimum absolute atomic E-state index is 0.219. The van der Waals surface area contributed by atoms with E-state index in [1.165, 1.54) is 0 Å². The summed E-state index contributed by atoms with van der Waals surface area (Å²) in [4.78, 5) is 17.2. The van der Waals surface area contributed by atoms with Gasteiger partial charge in [-0.05, 0) is 37.3 Å². The molecule has 0 aliphatic rings. The fourth-order valence-corrected chi connectivity index (χ4v) is 2.04. The van der Waals surface area contributed by atoms with Crippen LogP contribution in [0.1, 0.15) is 31.7 Å². The number of aromatic amines is 1. The van der Waals surface area contributed by atoms with Crippen molar-refractivity contribution in [1.82, 2.24) is 9.97 Å². The van der Waals surface area contributed by atoms with Crippen LogP contribution in [0.25, 0.3) is 17.2 Å². The average Bonchev–Trinajstić information content (AvgIpc) is 2.48. The van der Waals surface area contributed by atoms with Gasteiger partial charge in [-0.3, -0.25) is 0 Å². The number of hydrogen-bond acceptors (Lipinski definition) is 3. The zero-order valence-electron chi connectivity index (χ0n) is 12.1. The zero-order valence-corrected chi connectivity index (χ0v) is 12.1. The van der Waals surface area contributed by atoms with Crippen LogP contribution in [-0.4, -0.2) is 21.2 Å². The Hall–Kier alpha value is -2.20. The van der Waals surface area contributed by atoms with Crippen molar-refractivity contribution in [2.24, 2.45) is 0 Å². The van der Waals surface area contributed by atoms with Crippen LogP contribution in [0.4, 0.5) is 0 Å². The van der Waals surface area contributed by atoms with Gasteiger partial charge >= 0.3 is 5.69 Å². The molecule has 0 saturated heterocycles. The molecule has 1 unspecified atom stereocenters. The van der Waals surface area contributed by atoms with Gasteiger partial charge < -0.3 is 10.1 Å². The molecule has 2 rings (SSSR count). The van der Waals surface area contributed by atoms with Crippen LogP contribution in [0, 0.1) is 0 Å². The Morgan fingerprint density at radius 3 is 2.67 bits per heavy atom. The number of nitrogens with one attached hydrogen (secondary N) is 1. The Morgan fingerprint density at radius 1 is 1.29 bits per heavy atom. The first-order valence-corrected chi connectivity index (χ1v) is 7.15. The fourth-order valence-electron chi connectivity index (χ4n) is 2.04. The second-order valence-electron chi connectivity index (χ2n) is 5.11. The molecule has 2 aromatic rings. The second kappa shape index (κ2) is 7.55. The van der Waals surface area contributed by atoms with Gasteiger partial charge in [0.05, 0.1) is 6.10 Å². The summed E-state index contributed by atoms with van der Waals surface area (Å²) < 4.78 is 0. The van der Waals surface area contributed by atoms with Crippen molar-refractivity contribution in [1.29, 1.82) is 0 Å². The van der Waals surface area contributed by atoms with Crippen LogP contribution in [0.5, 0.6) is 0 Å². The second-order valence-corrected chi connectivity index (χ2v) is 5.11. The number of aliphatic hydroxyl groups excluding tert-OH is 1. The van der Waals surface area contributed by atoms with E-state index in [9.17, 15) is 9.90 Å². The largest absolute Gasteiger partial charge is 0.393 e. The van der Waals surface area contributed by atoms with Crippen molar-refractivity contribution < 1.29 is 5.11 Å². The number of aliphatic hydroxyl groups is 1. The lowest BCUT2D eigenvalue weighted by atomic mass is 10.1. The van der Waals surface area contributed by atoms with E-state index < -0.39 is 0 Å². The van der Waals surface area contributed by atoms with E-state index in [-0.39, 0.29) is 11.8 Å². The third kappa shape index (κ3) is 5.00. The van der Waals surface area contributed by atoms with E-state index in [4.69, 9.17) is 0 Å². The maximum absolute atomic E-state index is 10.9. The van der Waals surface area contributed by atoms with Crippen LogP contribution >= 0.6 is 0 Å². The van der Waals surface area contributed by atoms with Crippen molar-refractivity contribution in [3.05, 3.63) is 58.8 Å². The summed E-state index contributed by atoms with van der Waals surface area (Å²) >= 11 is 0. The van der Waals surface area contributed by atoms with Crippen molar-refractivity contribution in [3.63, 3.8) is 0 Å². The Kier molecular flexibility index (Phi) is 5.46. The molecular formula is C17H20N2O2. The number of nitrogens with zero attached hydrogens (tertiary/aromatic N) is 1. The van der Waals surface area contributed by atoms with Crippen LogP contribution in [0.2, 0.25) is 0 Å². The predicted molar refractivity (Wildman–Crippen MR) is 84.9 cm³/mol. The van der Waals surface area contributed by atoms with E-state index in [2.05, 4.69) is 22.1 Å². The molecule has 1 aromatic heterocycles. The van der Waals surface area contributed by atoms with Gasteiger partial charge in [0.2, 0.25) is 0 Å². The van der Waals surface area contributed by atoms with Gasteiger partial charge in [0, 0.05) is 18.0 Å². The minimum Gasteiger partial charge on any atom is -0.393 e. The van der Waals surface area contributed by atoms with Gasteiger partial charge in [0.25, 0.3) is 0 Å². The first kappa shape index (κ1) is 15.2. The highest BCUT2D eigenvalue weighted by molar-refractivity contribution is 5.64. The number of aromatic nitrogens is 2. The van der Waals surface area contributed by atoms with E-state index in [1.807, 2.05) is 31.2 Å². The Bertz CT molecular complexity index is 622. The first-order valence-electron chi connectivity index (χ1n) is 7.15. The van der Waals surface area contributed by atoms with Crippen molar-refractivity contribution in [3.8, 4) is 11.1 Å². The molecule has 0 fully saturated rings. The standard InChI is InChI=1S/C17H20N2O2/c1-13(20)5-3-2-4-6-14-7-9-15(10-8-14)16-11-18-17(21)19-12-16/h4,6-13,20H,2-3,5H2,1H3,(H,18,19,21)/b6-4+. The molecule has 0 radical (unpaired) electrons. The van der Waals surface area contributed by atoms with Gasteiger partial charge in [-0.2, -0.15) is 0 Å². The quantitative estimate of drug-likeness (QED) is 0.801. The zero-order chi connectivity index (χ0) is 15.1. The molecule has 0 saturated carbocycles. The maximum Gasteiger partial charge on any atom is 0.344 e. The number of H-pyrrole nitrogens is 1. The molecule has 4 heteroatoms. The number of allylic oxidation sites excluding steroid dienone is 1. The first-order chi connectivity index (χ1) is 10.1. The Morgan fingerprint density at radius 2 is 2.05 bits per heavy atom. The highest BCUT2D eigenvalue weighted by atomic mass is 16.3. The lowest BCUT2D eigenvalue weighted by molar-refractivity contribution is 0.182. The van der Waals surface area contributed by atoms with Crippen LogP contribution in [0.15, 0.2) is 47.5 Å². The Balaban J connectivity index is 1.94. The molecule has 1 heterocycles. The molecule has 0 bridgehead atoms. The highest BCUT2D eigenvalue weighted by Gasteiger charge is 1.98. The number of unbranched alkanes of at least 4 members (excludes halogenated alkanes) is 1. The monoisotopic (exact) mass is 284 g/mol. The van der Waals surface area contributed by atoms with Crippen molar-refractivity contribution in [2.75, 3.05) is 0 Å². The third-order valence-corrected chi connectivity index (χ3v) is 3.22. The molecule has 21 heavy (non-hydrogen) atoms. The summed E-state index contributed by atoms with van der Waals surface area (Å²) in [6.45, 7) is 1.81. The van der Waals surface area contributed by atoms with Crippen molar-refractivity contribution >= 4 is 6.08 Å². The van der Waals surface area contributed by atoms with Gasteiger partial charge in [0.1, 0.15) is 0 Å². The molecule has 2 N–H and O–H groups in total. The average molecular weight is 284 g/mol. The highest BCUT2D eigenvalue weighted by Crippen LogP contribution is 2.18. The molecule has 0 amide bonds. The summed E-state index contributed by atoms with van der Waals surface area (Å²) in [7, 11) is 0. The van der Waals surface area contributed by atoms with Gasteiger partial charge in [-0.15, -0.1) is 0 Å². The number of hydrogen-bond donors (Lipinski definition) is 2. The summed E-state index contributed by atoms with van der Waals surface area (Å²) in [6, 6.07) is 8.08.